The molecular weight excluding hydrogens is 490 g/mol. The van der Waals surface area contributed by atoms with Crippen LogP contribution in [0.4, 0.5) is 0 Å². The van der Waals surface area contributed by atoms with E-state index in [1.807, 2.05) is 67.6 Å². The van der Waals surface area contributed by atoms with Crippen LogP contribution in [0.15, 0.2) is 65.7 Å². The van der Waals surface area contributed by atoms with Crippen LogP contribution in [0.1, 0.15) is 30.3 Å². The molecule has 2 N–H and O–H groups in total. The van der Waals surface area contributed by atoms with Gasteiger partial charge in [-0.1, -0.05) is 78.9 Å². The van der Waals surface area contributed by atoms with Crippen LogP contribution in [0.25, 0.3) is 22.5 Å². The SMILES string of the molecule is CCc1nn(Cc2ccc(-c3ccccc3-c3nnn[nH]3)cc2)c(=NC(=O)C2CC=CCC2C(=O)O)s1. The molecule has 1 amide bonds. The Labute approximate surface area is 216 Å². The van der Waals surface area contributed by atoms with Crippen LogP contribution in [-0.4, -0.2) is 47.4 Å². The third-order valence-electron chi connectivity index (χ3n) is 6.36. The van der Waals surface area contributed by atoms with E-state index in [0.717, 1.165) is 27.3 Å². The number of nitrogens with zero attached hydrogens (tertiary/aromatic N) is 6. The van der Waals surface area contributed by atoms with Gasteiger partial charge in [-0.2, -0.15) is 10.1 Å². The van der Waals surface area contributed by atoms with Crippen LogP contribution < -0.4 is 4.80 Å². The fourth-order valence-electron chi connectivity index (χ4n) is 4.40. The Balaban J connectivity index is 1.41. The van der Waals surface area contributed by atoms with Gasteiger partial charge in [-0.05, 0) is 46.4 Å². The molecule has 0 saturated carbocycles. The van der Waals surface area contributed by atoms with Crippen molar-refractivity contribution in [1.29, 1.82) is 0 Å². The minimum Gasteiger partial charge on any atom is -0.481 e. The summed E-state index contributed by atoms with van der Waals surface area (Å²) in [6.45, 7) is 2.43. The number of carboxylic acids is 1. The van der Waals surface area contributed by atoms with Gasteiger partial charge in [-0.3, -0.25) is 9.59 Å². The summed E-state index contributed by atoms with van der Waals surface area (Å²) in [6.07, 6.45) is 5.10. The summed E-state index contributed by atoms with van der Waals surface area (Å²) in [7, 11) is 0. The van der Waals surface area contributed by atoms with Crippen molar-refractivity contribution in [3.8, 4) is 22.5 Å². The molecule has 0 radical (unpaired) electrons. The maximum atomic E-state index is 13.0. The lowest BCUT2D eigenvalue weighted by Crippen LogP contribution is -2.31. The molecule has 0 saturated heterocycles. The zero-order valence-electron chi connectivity index (χ0n) is 20.1. The summed E-state index contributed by atoms with van der Waals surface area (Å²) in [6, 6.07) is 16.0. The molecule has 0 spiro atoms. The van der Waals surface area contributed by atoms with Crippen molar-refractivity contribution >= 4 is 23.2 Å². The zero-order valence-corrected chi connectivity index (χ0v) is 20.9. The fourth-order valence-corrected chi connectivity index (χ4v) is 5.24. The van der Waals surface area contributed by atoms with Crippen molar-refractivity contribution in [2.45, 2.75) is 32.7 Å². The molecule has 0 fully saturated rings. The quantitative estimate of drug-likeness (QED) is 0.359. The van der Waals surface area contributed by atoms with Crippen LogP contribution in [0.3, 0.4) is 0 Å². The van der Waals surface area contributed by atoms with Gasteiger partial charge >= 0.3 is 5.97 Å². The molecule has 1 aliphatic carbocycles. The van der Waals surface area contributed by atoms with Crippen molar-refractivity contribution in [2.24, 2.45) is 16.8 Å². The van der Waals surface area contributed by atoms with Crippen molar-refractivity contribution in [1.82, 2.24) is 30.4 Å². The average molecular weight is 516 g/mol. The molecule has 2 aromatic heterocycles. The number of aryl methyl sites for hydroxylation is 1. The van der Waals surface area contributed by atoms with E-state index in [-0.39, 0.29) is 0 Å². The number of aromatic amines is 1. The highest BCUT2D eigenvalue weighted by Crippen LogP contribution is 2.30. The summed E-state index contributed by atoms with van der Waals surface area (Å²) in [5.41, 5.74) is 3.91. The third kappa shape index (κ3) is 5.31. The normalized spacial score (nSPS) is 17.7. The van der Waals surface area contributed by atoms with Crippen LogP contribution in [-0.2, 0) is 22.6 Å². The first-order chi connectivity index (χ1) is 18.0. The first kappa shape index (κ1) is 24.4. The summed E-state index contributed by atoms with van der Waals surface area (Å²) in [5, 5.41) is 29.2. The monoisotopic (exact) mass is 515 g/mol. The van der Waals surface area contributed by atoms with Crippen LogP contribution in [0.2, 0.25) is 0 Å². The van der Waals surface area contributed by atoms with E-state index < -0.39 is 23.7 Å². The Morgan fingerprint density at radius 3 is 2.49 bits per heavy atom. The average Bonchev–Trinajstić information content (AvgIpc) is 3.60. The molecule has 0 aliphatic heterocycles. The number of aliphatic carboxylic acids is 1. The number of carbonyl (C=O) groups is 2. The maximum absolute atomic E-state index is 13.0. The number of aromatic nitrogens is 6. The first-order valence-corrected chi connectivity index (χ1v) is 12.8. The lowest BCUT2D eigenvalue weighted by Gasteiger charge is -2.21. The highest BCUT2D eigenvalue weighted by atomic mass is 32.1. The summed E-state index contributed by atoms with van der Waals surface area (Å²) in [5.74, 6) is -2.20. The Hall–Kier alpha value is -4.25. The number of hydrogen-bond donors (Lipinski definition) is 2. The predicted molar refractivity (Wildman–Crippen MR) is 137 cm³/mol. The zero-order chi connectivity index (χ0) is 25.8. The molecule has 2 atom stereocenters. The minimum absolute atomic E-state index is 0.340. The molecule has 37 heavy (non-hydrogen) atoms. The highest BCUT2D eigenvalue weighted by Gasteiger charge is 2.34. The number of allylic oxidation sites excluding steroid dienone is 2. The highest BCUT2D eigenvalue weighted by molar-refractivity contribution is 7.08. The minimum atomic E-state index is -0.967. The smallest absolute Gasteiger partial charge is 0.307 e. The van der Waals surface area contributed by atoms with E-state index in [9.17, 15) is 14.7 Å². The number of hydrogen-bond acceptors (Lipinski definition) is 7. The molecule has 4 aromatic rings. The number of amides is 1. The molecule has 2 aromatic carbocycles. The Kier molecular flexibility index (Phi) is 7.13. The summed E-state index contributed by atoms with van der Waals surface area (Å²) >= 11 is 1.36. The summed E-state index contributed by atoms with van der Waals surface area (Å²) < 4.78 is 1.72. The third-order valence-corrected chi connectivity index (χ3v) is 7.45. The Bertz CT molecular complexity index is 1500. The van der Waals surface area contributed by atoms with Crippen LogP contribution >= 0.6 is 11.3 Å². The van der Waals surface area contributed by atoms with E-state index in [4.69, 9.17) is 0 Å². The van der Waals surface area contributed by atoms with E-state index in [1.165, 1.54) is 11.3 Å². The molecule has 188 valence electrons. The van der Waals surface area contributed by atoms with Gasteiger partial charge in [0, 0.05) is 5.56 Å². The van der Waals surface area contributed by atoms with E-state index >= 15 is 0 Å². The van der Waals surface area contributed by atoms with Gasteiger partial charge in [-0.25, -0.2) is 9.78 Å². The van der Waals surface area contributed by atoms with Gasteiger partial charge in [-0.15, -0.1) is 5.10 Å². The van der Waals surface area contributed by atoms with Crippen LogP contribution in [0.5, 0.6) is 0 Å². The second-order valence-electron chi connectivity index (χ2n) is 8.73. The fraction of sp³-hybridized carbons (Fsp3) is 0.269. The molecule has 11 heteroatoms. The van der Waals surface area contributed by atoms with Gasteiger partial charge in [0.2, 0.25) is 4.80 Å². The number of H-pyrrole nitrogens is 1. The topological polar surface area (TPSA) is 139 Å². The number of tetrazole rings is 1. The molecule has 5 rings (SSSR count). The predicted octanol–water partition coefficient (Wildman–Crippen LogP) is 3.50. The van der Waals surface area contributed by atoms with Gasteiger partial charge in [0.05, 0.1) is 18.4 Å². The number of rotatable bonds is 7. The van der Waals surface area contributed by atoms with Gasteiger partial charge in [0.15, 0.2) is 5.82 Å². The van der Waals surface area contributed by atoms with E-state index in [2.05, 4.69) is 30.7 Å². The molecular formula is C26H25N7O3S. The molecule has 2 heterocycles. The van der Waals surface area contributed by atoms with Crippen LogP contribution in [0, 0.1) is 11.8 Å². The van der Waals surface area contributed by atoms with E-state index in [1.54, 1.807) is 4.68 Å². The van der Waals surface area contributed by atoms with Gasteiger partial charge in [0.1, 0.15) is 5.01 Å². The van der Waals surface area contributed by atoms with Gasteiger partial charge in [0.25, 0.3) is 5.91 Å². The standard InChI is InChI=1S/C26H25N7O3S/c1-2-22-30-33(26(37-22)27-24(34)20-9-5-6-10-21(20)25(35)36)15-16-11-13-17(14-12-16)18-7-3-4-8-19(18)23-28-31-32-29-23/h3-8,11-14,20-21H,2,9-10,15H2,1H3,(H,35,36)(H,28,29,31,32). The number of benzene rings is 2. The number of carboxylic acid groups (broad SMARTS) is 1. The van der Waals surface area contributed by atoms with Crippen molar-refractivity contribution in [3.05, 3.63) is 76.1 Å². The Morgan fingerprint density at radius 2 is 1.81 bits per heavy atom. The second-order valence-corrected chi connectivity index (χ2v) is 9.77. The lowest BCUT2D eigenvalue weighted by molar-refractivity contribution is -0.146. The second kappa shape index (κ2) is 10.8. The summed E-state index contributed by atoms with van der Waals surface area (Å²) in [4.78, 5) is 29.5. The van der Waals surface area contributed by atoms with Gasteiger partial charge < -0.3 is 5.11 Å². The molecule has 0 bridgehead atoms. The largest absolute Gasteiger partial charge is 0.481 e. The van der Waals surface area contributed by atoms with E-state index in [0.29, 0.717) is 36.4 Å². The van der Waals surface area contributed by atoms with Crippen molar-refractivity contribution in [2.75, 3.05) is 0 Å². The molecule has 10 nitrogen and oxygen atoms in total. The lowest BCUT2D eigenvalue weighted by atomic mass is 9.82. The first-order valence-electron chi connectivity index (χ1n) is 12.0. The number of nitrogens with one attached hydrogen (secondary N) is 1. The molecule has 2 unspecified atom stereocenters. The maximum Gasteiger partial charge on any atom is 0.307 e. The number of carbonyl (C=O) groups excluding carboxylic acids is 1. The van der Waals surface area contributed by atoms with Crippen molar-refractivity contribution in [3.63, 3.8) is 0 Å². The van der Waals surface area contributed by atoms with Crippen molar-refractivity contribution < 1.29 is 14.7 Å². The Morgan fingerprint density at radius 1 is 1.08 bits per heavy atom. The molecule has 1 aliphatic rings.